The number of anilines is 1. The molecule has 8 heteroatoms. The van der Waals surface area contributed by atoms with E-state index in [0.29, 0.717) is 5.69 Å². The number of likely N-dealkylation sites (tertiary alicyclic amines) is 1. The highest BCUT2D eigenvalue weighted by Crippen LogP contribution is 2.20. The molecule has 8 nitrogen and oxygen atoms in total. The third-order valence-electron chi connectivity index (χ3n) is 5.97. The largest absolute Gasteiger partial charge is 0.378 e. The number of hydrogen-bond acceptors (Lipinski definition) is 6. The molecule has 156 valence electrons. The fraction of sp³-hybridized carbons (Fsp3) is 0.571. The van der Waals surface area contributed by atoms with Crippen molar-refractivity contribution in [3.63, 3.8) is 0 Å². The average molecular weight is 399 g/mol. The Morgan fingerprint density at radius 2 is 1.97 bits per heavy atom. The van der Waals surface area contributed by atoms with Gasteiger partial charge in [-0.15, -0.1) is 0 Å². The van der Waals surface area contributed by atoms with Crippen LogP contribution in [0.25, 0.3) is 0 Å². The number of aromatic nitrogens is 3. The number of hydrogen-bond donors (Lipinski definition) is 0. The van der Waals surface area contributed by atoms with E-state index in [-0.39, 0.29) is 11.9 Å². The molecule has 2 saturated heterocycles. The molecule has 2 aliphatic rings. The maximum absolute atomic E-state index is 13.0. The van der Waals surface area contributed by atoms with E-state index < -0.39 is 0 Å². The highest BCUT2D eigenvalue weighted by atomic mass is 16.5. The molecular weight excluding hydrogens is 368 g/mol. The van der Waals surface area contributed by atoms with Crippen LogP contribution in [-0.2, 0) is 11.3 Å². The average Bonchev–Trinajstić information content (AvgIpc) is 3.31. The van der Waals surface area contributed by atoms with E-state index in [1.807, 2.05) is 47.2 Å². The second-order valence-electron chi connectivity index (χ2n) is 7.76. The molecule has 0 saturated carbocycles. The van der Waals surface area contributed by atoms with Crippen LogP contribution in [-0.4, -0.2) is 89.5 Å². The Morgan fingerprint density at radius 1 is 1.17 bits per heavy atom. The molecule has 0 aromatic carbocycles. The molecule has 2 aromatic heterocycles. The van der Waals surface area contributed by atoms with Gasteiger partial charge in [0.05, 0.1) is 19.8 Å². The molecule has 29 heavy (non-hydrogen) atoms. The summed E-state index contributed by atoms with van der Waals surface area (Å²) in [5.74, 6) is 0.00935. The maximum Gasteiger partial charge on any atom is 0.272 e. The maximum atomic E-state index is 13.0. The summed E-state index contributed by atoms with van der Waals surface area (Å²) in [5.41, 5.74) is 1.58. The van der Waals surface area contributed by atoms with Crippen LogP contribution in [0.4, 0.5) is 5.69 Å². The zero-order valence-electron chi connectivity index (χ0n) is 17.1. The van der Waals surface area contributed by atoms with Gasteiger partial charge >= 0.3 is 0 Å². The lowest BCUT2D eigenvalue weighted by Crippen LogP contribution is -2.46. The summed E-state index contributed by atoms with van der Waals surface area (Å²) in [6.07, 6.45) is 7.53. The minimum Gasteiger partial charge on any atom is -0.378 e. The van der Waals surface area contributed by atoms with Crippen molar-refractivity contribution in [3.8, 4) is 0 Å². The van der Waals surface area contributed by atoms with Crippen molar-refractivity contribution >= 4 is 11.6 Å². The number of rotatable bonds is 6. The normalized spacial score (nSPS) is 18.7. The molecule has 4 rings (SSSR count). The van der Waals surface area contributed by atoms with Gasteiger partial charge < -0.3 is 19.4 Å². The van der Waals surface area contributed by atoms with Crippen LogP contribution >= 0.6 is 0 Å². The Hall–Kier alpha value is -2.45. The van der Waals surface area contributed by atoms with E-state index in [4.69, 9.17) is 4.74 Å². The molecule has 0 radical (unpaired) electrons. The highest BCUT2D eigenvalue weighted by molar-refractivity contribution is 5.93. The quantitative estimate of drug-likeness (QED) is 0.732. The number of nitrogens with zero attached hydrogens (tertiary/aromatic N) is 6. The van der Waals surface area contributed by atoms with Crippen LogP contribution in [0.3, 0.4) is 0 Å². The van der Waals surface area contributed by atoms with E-state index >= 15 is 0 Å². The predicted octanol–water partition coefficient (Wildman–Crippen LogP) is 1.35. The summed E-state index contributed by atoms with van der Waals surface area (Å²) < 4.78 is 7.39. The Kier molecular flexibility index (Phi) is 6.41. The predicted molar refractivity (Wildman–Crippen MR) is 111 cm³/mol. The first-order chi connectivity index (χ1) is 14.2. The highest BCUT2D eigenvalue weighted by Gasteiger charge is 2.27. The number of ether oxygens (including phenoxy) is 1. The van der Waals surface area contributed by atoms with Gasteiger partial charge in [0.2, 0.25) is 0 Å². The fourth-order valence-electron chi connectivity index (χ4n) is 4.11. The third-order valence-corrected chi connectivity index (χ3v) is 5.97. The van der Waals surface area contributed by atoms with Gasteiger partial charge in [-0.1, -0.05) is 0 Å². The van der Waals surface area contributed by atoms with Gasteiger partial charge in [-0.25, -0.2) is 0 Å². The Morgan fingerprint density at radius 3 is 2.69 bits per heavy atom. The first-order valence-corrected chi connectivity index (χ1v) is 10.5. The van der Waals surface area contributed by atoms with E-state index in [9.17, 15) is 4.79 Å². The summed E-state index contributed by atoms with van der Waals surface area (Å²) in [4.78, 5) is 24.0. The minimum atomic E-state index is 0.00935. The third kappa shape index (κ3) is 4.94. The number of carbonyl (C=O) groups excluding carboxylic acids is 1. The standard InChI is InChI=1S/C21H30N6O2/c1-24(18-4-9-25(10-5-18)11-12-27-8-2-6-23-27)21(28)20-17-19(3-7-22-20)26-13-15-29-16-14-26/h2-3,6-8,17-18H,4-5,9-16H2,1H3. The lowest BCUT2D eigenvalue weighted by molar-refractivity contribution is 0.0633. The van der Waals surface area contributed by atoms with Crippen molar-refractivity contribution in [2.24, 2.45) is 0 Å². The first kappa shape index (κ1) is 19.8. The SMILES string of the molecule is CN(C(=O)c1cc(N2CCOCC2)ccn1)C1CCN(CCn2cccn2)CC1. The van der Waals surface area contributed by atoms with Crippen LogP contribution in [0.1, 0.15) is 23.3 Å². The van der Waals surface area contributed by atoms with Gasteiger partial charge in [-0.2, -0.15) is 5.10 Å². The Bertz CT molecular complexity index is 782. The smallest absolute Gasteiger partial charge is 0.272 e. The topological polar surface area (TPSA) is 66.7 Å². The van der Waals surface area contributed by atoms with Gasteiger partial charge in [-0.3, -0.25) is 14.5 Å². The molecule has 2 aromatic rings. The molecule has 0 N–H and O–H groups in total. The van der Waals surface area contributed by atoms with Crippen LogP contribution in [0, 0.1) is 0 Å². The second-order valence-corrected chi connectivity index (χ2v) is 7.76. The molecule has 0 atom stereocenters. The summed E-state index contributed by atoms with van der Waals surface area (Å²) in [5, 5.41) is 4.26. The zero-order chi connectivity index (χ0) is 20.1. The van der Waals surface area contributed by atoms with Crippen molar-refractivity contribution < 1.29 is 9.53 Å². The Balaban J connectivity index is 1.30. The number of carbonyl (C=O) groups is 1. The number of pyridine rings is 1. The van der Waals surface area contributed by atoms with E-state index in [2.05, 4.69) is 19.9 Å². The molecule has 4 heterocycles. The van der Waals surface area contributed by atoms with Crippen molar-refractivity contribution in [2.45, 2.75) is 25.4 Å². The molecule has 2 fully saturated rings. The molecule has 0 aliphatic carbocycles. The van der Waals surface area contributed by atoms with Crippen molar-refractivity contribution in [2.75, 3.05) is 57.9 Å². The summed E-state index contributed by atoms with van der Waals surface area (Å²) >= 11 is 0. The minimum absolute atomic E-state index is 0.00935. The lowest BCUT2D eigenvalue weighted by Gasteiger charge is -2.36. The summed E-state index contributed by atoms with van der Waals surface area (Å²) in [6, 6.07) is 6.11. The number of morpholine rings is 1. The van der Waals surface area contributed by atoms with Crippen LogP contribution in [0.5, 0.6) is 0 Å². The van der Waals surface area contributed by atoms with Crippen molar-refractivity contribution in [1.29, 1.82) is 0 Å². The van der Waals surface area contributed by atoms with Crippen molar-refractivity contribution in [3.05, 3.63) is 42.5 Å². The monoisotopic (exact) mass is 398 g/mol. The van der Waals surface area contributed by atoms with Crippen LogP contribution < -0.4 is 4.90 Å². The Labute approximate surface area is 172 Å². The van der Waals surface area contributed by atoms with Crippen LogP contribution in [0.15, 0.2) is 36.8 Å². The fourth-order valence-corrected chi connectivity index (χ4v) is 4.11. The molecule has 2 aliphatic heterocycles. The van der Waals surface area contributed by atoms with Gasteiger partial charge in [0.25, 0.3) is 5.91 Å². The molecule has 1 amide bonds. The van der Waals surface area contributed by atoms with E-state index in [0.717, 1.165) is 71.0 Å². The molecule has 0 bridgehead atoms. The van der Waals surface area contributed by atoms with Gasteiger partial charge in [0.15, 0.2) is 0 Å². The van der Waals surface area contributed by atoms with Gasteiger partial charge in [0.1, 0.15) is 5.69 Å². The van der Waals surface area contributed by atoms with Gasteiger partial charge in [0, 0.05) is 70.1 Å². The molecule has 0 unspecified atom stereocenters. The zero-order valence-corrected chi connectivity index (χ0v) is 17.1. The lowest BCUT2D eigenvalue weighted by atomic mass is 10.0. The number of amides is 1. The summed E-state index contributed by atoms with van der Waals surface area (Å²) in [6.45, 7) is 7.07. The molecule has 0 spiro atoms. The van der Waals surface area contributed by atoms with Crippen LogP contribution in [0.2, 0.25) is 0 Å². The first-order valence-electron chi connectivity index (χ1n) is 10.5. The number of piperidine rings is 1. The van der Waals surface area contributed by atoms with Crippen molar-refractivity contribution in [1.82, 2.24) is 24.6 Å². The second kappa shape index (κ2) is 9.37. The summed E-state index contributed by atoms with van der Waals surface area (Å²) in [7, 11) is 1.91. The van der Waals surface area contributed by atoms with E-state index in [1.165, 1.54) is 0 Å². The van der Waals surface area contributed by atoms with Gasteiger partial charge in [-0.05, 0) is 31.0 Å². The van der Waals surface area contributed by atoms with E-state index in [1.54, 1.807) is 6.20 Å². The molecular formula is C21H30N6O2.